The molecule has 5 unspecified atom stereocenters. The van der Waals surface area contributed by atoms with Gasteiger partial charge in [0, 0.05) is 25.7 Å². The topological polar surface area (TPSA) is 237 Å². The number of esters is 4. The third-order valence-electron chi connectivity index (χ3n) is 16.5. The lowest BCUT2D eigenvalue weighted by Crippen LogP contribution is -2.30. The Labute approximate surface area is 642 Å². The van der Waals surface area contributed by atoms with Crippen LogP contribution in [0.5, 0.6) is 0 Å². The molecule has 0 aromatic heterocycles. The summed E-state index contributed by atoms with van der Waals surface area (Å²) in [6.45, 7) is 4.43. The van der Waals surface area contributed by atoms with Gasteiger partial charge in [-0.05, 0) is 135 Å². The third kappa shape index (κ3) is 76.9. The van der Waals surface area contributed by atoms with Gasteiger partial charge in [0.25, 0.3) is 0 Å². The number of ether oxygens (including phenoxy) is 4. The van der Waals surface area contributed by atoms with Crippen LogP contribution in [-0.4, -0.2) is 96.7 Å². The Morgan fingerprint density at radius 3 is 0.811 bits per heavy atom. The van der Waals surface area contributed by atoms with Crippen molar-refractivity contribution in [2.75, 3.05) is 39.6 Å². The van der Waals surface area contributed by atoms with Crippen molar-refractivity contribution in [2.45, 2.75) is 329 Å². The van der Waals surface area contributed by atoms with Crippen LogP contribution in [-0.2, 0) is 65.4 Å². The Bertz CT molecular complexity index is 2630. The molecule has 0 heterocycles. The summed E-state index contributed by atoms with van der Waals surface area (Å²) in [6.07, 6.45) is 90.9. The summed E-state index contributed by atoms with van der Waals surface area (Å²) in [5.41, 5.74) is 0. The number of phosphoric acid groups is 2. The second-order valence-corrected chi connectivity index (χ2v) is 29.5. The lowest BCUT2D eigenvalue weighted by atomic mass is 10.0. The number of allylic oxidation sites excluding steroid dienone is 26. The highest BCUT2D eigenvalue weighted by atomic mass is 31.2. The fourth-order valence-electron chi connectivity index (χ4n) is 10.4. The van der Waals surface area contributed by atoms with Crippen molar-refractivity contribution in [1.29, 1.82) is 0 Å². The molecule has 604 valence electrons. The van der Waals surface area contributed by atoms with Crippen LogP contribution in [0.4, 0.5) is 0 Å². The molecular weight excluding hydrogens is 1380 g/mol. The molecule has 0 amide bonds. The molecule has 5 atom stereocenters. The van der Waals surface area contributed by atoms with Crippen molar-refractivity contribution in [1.82, 2.24) is 0 Å². The summed E-state index contributed by atoms with van der Waals surface area (Å²) in [5, 5.41) is 10.7. The van der Waals surface area contributed by atoms with E-state index in [-0.39, 0.29) is 25.7 Å². The van der Waals surface area contributed by atoms with Gasteiger partial charge in [-0.1, -0.05) is 308 Å². The predicted molar refractivity (Wildman–Crippen MR) is 436 cm³/mol. The van der Waals surface area contributed by atoms with Crippen LogP contribution >= 0.6 is 15.6 Å². The van der Waals surface area contributed by atoms with Gasteiger partial charge in [0.05, 0.1) is 26.4 Å². The summed E-state index contributed by atoms with van der Waals surface area (Å²) in [4.78, 5) is 73.1. The van der Waals surface area contributed by atoms with E-state index < -0.39 is 97.5 Å². The van der Waals surface area contributed by atoms with Gasteiger partial charge >= 0.3 is 39.5 Å². The van der Waals surface area contributed by atoms with Gasteiger partial charge in [-0.25, -0.2) is 9.13 Å². The summed E-state index contributed by atoms with van der Waals surface area (Å²) in [7, 11) is -10.00. The molecule has 19 heteroatoms. The number of hydrogen-bond acceptors (Lipinski definition) is 15. The van der Waals surface area contributed by atoms with Crippen LogP contribution in [0.2, 0.25) is 0 Å². The molecule has 0 bridgehead atoms. The normalized spacial score (nSPS) is 14.7. The lowest BCUT2D eigenvalue weighted by molar-refractivity contribution is -0.161. The zero-order chi connectivity index (χ0) is 77.4. The second-order valence-electron chi connectivity index (χ2n) is 26.6. The largest absolute Gasteiger partial charge is 0.472 e. The van der Waals surface area contributed by atoms with Gasteiger partial charge in [-0.2, -0.15) is 0 Å². The number of rotatable bonds is 75. The summed E-state index contributed by atoms with van der Waals surface area (Å²) >= 11 is 0. The van der Waals surface area contributed by atoms with Gasteiger partial charge in [-0.3, -0.25) is 37.3 Å². The van der Waals surface area contributed by atoms with E-state index in [9.17, 15) is 43.2 Å². The van der Waals surface area contributed by atoms with Crippen LogP contribution in [0.25, 0.3) is 0 Å². The minimum atomic E-state index is -5.01. The van der Waals surface area contributed by atoms with Gasteiger partial charge in [-0.15, -0.1) is 0 Å². The number of aliphatic hydroxyl groups is 1. The van der Waals surface area contributed by atoms with E-state index >= 15 is 0 Å². The minimum absolute atomic E-state index is 0.0278. The van der Waals surface area contributed by atoms with Crippen molar-refractivity contribution >= 4 is 39.5 Å². The SMILES string of the molecule is CC/C=C\C/C=C\C/C=C\C/C=C\C/C=C\C/C=C\CCC(=O)OCC(COP(=O)(O)OCC(O)COP(=O)(O)OCC(COC(=O)CCCCCCC/C=C\C/C=C\C/C=C\CC)OC(=O)CCCCCCCCCCCCCCC)OC(=O)CCCCCCCC/C=C\C/C=C\C/C=C\C/C=C\CC. The monoisotopic (exact) mass is 1520 g/mol. The fourth-order valence-corrected chi connectivity index (χ4v) is 12.0. The fraction of sp³-hybridized carbons (Fsp3) is 0.655. The first-order valence-corrected chi connectivity index (χ1v) is 43.7. The van der Waals surface area contributed by atoms with E-state index in [2.05, 4.69) is 167 Å². The Morgan fingerprint density at radius 2 is 0.509 bits per heavy atom. The van der Waals surface area contributed by atoms with Gasteiger partial charge in [0.2, 0.25) is 0 Å². The zero-order valence-electron chi connectivity index (χ0n) is 66.1. The van der Waals surface area contributed by atoms with Crippen molar-refractivity contribution in [3.8, 4) is 0 Å². The Kier molecular flexibility index (Phi) is 73.9. The molecule has 0 aliphatic rings. The molecule has 0 aliphatic heterocycles. The molecule has 0 spiro atoms. The number of aliphatic hydroxyl groups excluding tert-OH is 1. The lowest BCUT2D eigenvalue weighted by Gasteiger charge is -2.21. The van der Waals surface area contributed by atoms with Crippen LogP contribution in [0.3, 0.4) is 0 Å². The molecule has 3 N–H and O–H groups in total. The second kappa shape index (κ2) is 77.8. The summed E-state index contributed by atoms with van der Waals surface area (Å²) < 4.78 is 68.6. The van der Waals surface area contributed by atoms with Crippen LogP contribution in [0.15, 0.2) is 158 Å². The van der Waals surface area contributed by atoms with E-state index in [0.717, 1.165) is 173 Å². The maximum Gasteiger partial charge on any atom is 0.472 e. The maximum absolute atomic E-state index is 13.1. The molecule has 0 saturated heterocycles. The standard InChI is InChI=1S/C87H144O17P2/c1-5-9-13-17-21-25-29-33-36-38-40-42-45-49-52-56-60-64-68-72-85(90)98-78-83(104-87(92)74-70-66-62-58-54-50-46-43-41-39-37-34-30-26-22-18-14-10-6-2)80-102-106(95,96)100-76-81(88)75-99-105(93,94)101-79-82(103-86(91)73-69-65-61-57-53-47-32-28-24-20-16-12-8-4)77-97-84(89)71-67-63-59-55-51-48-44-35-31-27-23-19-15-11-7-3/h9-11,13-15,21-23,25-27,33-37,40-44,49,52,60,64,81-83,88H,5-8,12,16-20,24,28-32,38-39,45-48,50-51,53-59,61-63,65-80H2,1-4H3,(H,93,94)(H,95,96)/b13-9-,14-10-,15-11-,25-21-,26-22-,27-23-,36-33-,37-34-,42-40-,43-41-,44-35-,52-49-,64-60-. The third-order valence-corrected chi connectivity index (χ3v) is 18.4. The molecular formula is C87H144O17P2. The van der Waals surface area contributed by atoms with Crippen LogP contribution in [0.1, 0.15) is 310 Å². The molecule has 0 fully saturated rings. The number of unbranched alkanes of at least 4 members (excludes halogenated alkanes) is 23. The van der Waals surface area contributed by atoms with E-state index in [0.29, 0.717) is 32.1 Å². The molecule has 106 heavy (non-hydrogen) atoms. The highest BCUT2D eigenvalue weighted by Gasteiger charge is 2.30. The predicted octanol–water partition coefficient (Wildman–Crippen LogP) is 24.0. The van der Waals surface area contributed by atoms with Gasteiger partial charge in [0.15, 0.2) is 12.2 Å². The van der Waals surface area contributed by atoms with Crippen molar-refractivity contribution in [2.24, 2.45) is 0 Å². The number of hydrogen-bond donors (Lipinski definition) is 3. The molecule has 0 radical (unpaired) electrons. The zero-order valence-corrected chi connectivity index (χ0v) is 67.8. The van der Waals surface area contributed by atoms with Crippen molar-refractivity contribution in [3.05, 3.63) is 158 Å². The number of carbonyl (C=O) groups is 4. The van der Waals surface area contributed by atoms with Crippen LogP contribution in [0, 0.1) is 0 Å². The number of phosphoric ester groups is 2. The summed E-state index contributed by atoms with van der Waals surface area (Å²) in [6, 6.07) is 0. The van der Waals surface area contributed by atoms with Crippen LogP contribution < -0.4 is 0 Å². The molecule has 17 nitrogen and oxygen atoms in total. The highest BCUT2D eigenvalue weighted by Crippen LogP contribution is 2.45. The Balaban J connectivity index is 5.46. The Hall–Kier alpha value is -5.32. The van der Waals surface area contributed by atoms with E-state index in [1.54, 1.807) is 0 Å². The molecule has 0 aliphatic carbocycles. The first-order valence-electron chi connectivity index (χ1n) is 40.7. The van der Waals surface area contributed by atoms with Crippen molar-refractivity contribution < 1.29 is 80.2 Å². The smallest absolute Gasteiger partial charge is 0.462 e. The van der Waals surface area contributed by atoms with E-state index in [4.69, 9.17) is 37.0 Å². The van der Waals surface area contributed by atoms with E-state index in [1.807, 2.05) is 18.2 Å². The minimum Gasteiger partial charge on any atom is -0.462 e. The number of carbonyl (C=O) groups excluding carboxylic acids is 4. The molecule has 0 aromatic carbocycles. The average molecular weight is 1520 g/mol. The molecule has 0 rings (SSSR count). The van der Waals surface area contributed by atoms with E-state index in [1.165, 1.54) is 51.4 Å². The molecule has 0 saturated carbocycles. The Morgan fingerprint density at radius 1 is 0.274 bits per heavy atom. The maximum atomic E-state index is 13.1. The first kappa shape index (κ1) is 101. The first-order chi connectivity index (χ1) is 51.7. The molecule has 0 aromatic rings. The van der Waals surface area contributed by atoms with Crippen molar-refractivity contribution in [3.63, 3.8) is 0 Å². The highest BCUT2D eigenvalue weighted by molar-refractivity contribution is 7.47. The summed E-state index contributed by atoms with van der Waals surface area (Å²) in [5.74, 6) is -2.31. The quantitative estimate of drug-likeness (QED) is 0.0169. The van der Waals surface area contributed by atoms with Gasteiger partial charge < -0.3 is 33.8 Å². The van der Waals surface area contributed by atoms with Gasteiger partial charge in [0.1, 0.15) is 19.3 Å². The average Bonchev–Trinajstić information content (AvgIpc) is 0.903.